The molecule has 2 heterocycles. The first-order chi connectivity index (χ1) is 9.05. The van der Waals surface area contributed by atoms with Crippen molar-refractivity contribution in [3.8, 4) is 5.75 Å². The van der Waals surface area contributed by atoms with Gasteiger partial charge in [0, 0.05) is 12.0 Å². The van der Waals surface area contributed by atoms with Gasteiger partial charge < -0.3 is 10.1 Å². The minimum absolute atomic E-state index is 0.192. The van der Waals surface area contributed by atoms with E-state index >= 15 is 0 Å². The molecule has 3 rings (SSSR count). The van der Waals surface area contributed by atoms with Crippen LogP contribution in [0.2, 0.25) is 0 Å². The molecule has 2 aliphatic rings. The van der Waals surface area contributed by atoms with E-state index in [0.29, 0.717) is 24.2 Å². The molecule has 5 nitrogen and oxygen atoms in total. The van der Waals surface area contributed by atoms with Crippen LogP contribution in [0.3, 0.4) is 0 Å². The van der Waals surface area contributed by atoms with Crippen LogP contribution < -0.4 is 15.4 Å². The van der Waals surface area contributed by atoms with Gasteiger partial charge in [-0.25, -0.2) is 9.18 Å². The average molecular weight is 264 g/mol. The van der Waals surface area contributed by atoms with Crippen molar-refractivity contribution < 1.29 is 18.7 Å². The number of hydrogen-bond acceptors (Lipinski definition) is 3. The second kappa shape index (κ2) is 3.94. The highest BCUT2D eigenvalue weighted by Gasteiger charge is 2.53. The van der Waals surface area contributed by atoms with Gasteiger partial charge in [-0.1, -0.05) is 6.92 Å². The van der Waals surface area contributed by atoms with Crippen molar-refractivity contribution in [3.63, 3.8) is 0 Å². The van der Waals surface area contributed by atoms with Gasteiger partial charge in [-0.15, -0.1) is 0 Å². The number of amides is 3. The van der Waals surface area contributed by atoms with Crippen LogP contribution in [0.5, 0.6) is 5.75 Å². The number of carbonyl (C=O) groups excluding carboxylic acids is 2. The summed E-state index contributed by atoms with van der Waals surface area (Å²) in [7, 11) is 0. The summed E-state index contributed by atoms with van der Waals surface area (Å²) in [4.78, 5) is 23.6. The lowest BCUT2D eigenvalue weighted by molar-refractivity contribution is -0.126. The summed E-state index contributed by atoms with van der Waals surface area (Å²) in [6, 6.07) is 3.45. The fraction of sp³-hybridized carbons (Fsp3) is 0.385. The smallest absolute Gasteiger partial charge is 0.322 e. The Morgan fingerprint density at radius 1 is 1.47 bits per heavy atom. The van der Waals surface area contributed by atoms with Gasteiger partial charge in [0.25, 0.3) is 5.91 Å². The lowest BCUT2D eigenvalue weighted by Gasteiger charge is -2.37. The van der Waals surface area contributed by atoms with Crippen molar-refractivity contribution in [3.05, 3.63) is 29.6 Å². The zero-order chi connectivity index (χ0) is 13.6. The third-order valence-electron chi connectivity index (χ3n) is 3.63. The summed E-state index contributed by atoms with van der Waals surface area (Å²) >= 11 is 0. The number of hydrogen-bond donors (Lipinski definition) is 2. The second-order valence-corrected chi connectivity index (χ2v) is 4.81. The predicted octanol–water partition coefficient (Wildman–Crippen LogP) is 1.42. The molecule has 2 N–H and O–H groups in total. The van der Waals surface area contributed by atoms with Gasteiger partial charge in [-0.3, -0.25) is 10.1 Å². The molecule has 2 unspecified atom stereocenters. The Morgan fingerprint density at radius 2 is 2.26 bits per heavy atom. The average Bonchev–Trinajstić information content (AvgIpc) is 2.65. The Balaban J connectivity index is 2.17. The molecule has 0 aromatic heterocycles. The molecule has 0 bridgehead atoms. The number of halogens is 1. The van der Waals surface area contributed by atoms with E-state index in [2.05, 4.69) is 10.6 Å². The van der Waals surface area contributed by atoms with Crippen molar-refractivity contribution in [2.45, 2.75) is 31.4 Å². The van der Waals surface area contributed by atoms with Crippen LogP contribution in [0, 0.1) is 5.82 Å². The minimum atomic E-state index is -1.21. The fourth-order valence-electron chi connectivity index (χ4n) is 2.66. The quantitative estimate of drug-likeness (QED) is 0.754. The van der Waals surface area contributed by atoms with Crippen molar-refractivity contribution >= 4 is 11.9 Å². The SMILES string of the molecule is CCC1CC2(NC(=O)NC2=O)c2cc(F)ccc2O1. The Hall–Kier alpha value is -2.11. The Labute approximate surface area is 109 Å². The monoisotopic (exact) mass is 264 g/mol. The molecule has 1 spiro atoms. The normalized spacial score (nSPS) is 28.6. The molecule has 0 radical (unpaired) electrons. The number of rotatable bonds is 1. The Kier molecular flexibility index (Phi) is 2.48. The van der Waals surface area contributed by atoms with Gasteiger partial charge in [-0.05, 0) is 24.6 Å². The fourth-order valence-corrected chi connectivity index (χ4v) is 2.66. The van der Waals surface area contributed by atoms with E-state index in [4.69, 9.17) is 4.74 Å². The summed E-state index contributed by atoms with van der Waals surface area (Å²) in [6.07, 6.45) is 0.807. The van der Waals surface area contributed by atoms with Gasteiger partial charge in [-0.2, -0.15) is 0 Å². The van der Waals surface area contributed by atoms with Crippen LogP contribution >= 0.6 is 0 Å². The molecule has 2 atom stereocenters. The third-order valence-corrected chi connectivity index (χ3v) is 3.63. The van der Waals surface area contributed by atoms with E-state index in [0.717, 1.165) is 0 Å². The van der Waals surface area contributed by atoms with Gasteiger partial charge in [0.2, 0.25) is 0 Å². The number of imide groups is 1. The topological polar surface area (TPSA) is 67.4 Å². The van der Waals surface area contributed by atoms with Gasteiger partial charge >= 0.3 is 6.03 Å². The first-order valence-corrected chi connectivity index (χ1v) is 6.15. The van der Waals surface area contributed by atoms with Crippen LogP contribution in [0.25, 0.3) is 0 Å². The maximum absolute atomic E-state index is 13.4. The minimum Gasteiger partial charge on any atom is -0.490 e. The van der Waals surface area contributed by atoms with Crippen LogP contribution in [0.1, 0.15) is 25.3 Å². The molecule has 1 aromatic carbocycles. The van der Waals surface area contributed by atoms with Crippen molar-refractivity contribution in [1.29, 1.82) is 0 Å². The maximum Gasteiger partial charge on any atom is 0.322 e. The molecule has 6 heteroatoms. The number of benzene rings is 1. The molecule has 1 saturated heterocycles. The lowest BCUT2D eigenvalue weighted by Crippen LogP contribution is -2.50. The highest BCUT2D eigenvalue weighted by molar-refractivity contribution is 6.07. The first kappa shape index (κ1) is 12.0. The van der Waals surface area contributed by atoms with Crippen LogP contribution in [0.15, 0.2) is 18.2 Å². The zero-order valence-electron chi connectivity index (χ0n) is 10.3. The third kappa shape index (κ3) is 1.67. The van der Waals surface area contributed by atoms with E-state index < -0.39 is 23.3 Å². The second-order valence-electron chi connectivity index (χ2n) is 4.81. The van der Waals surface area contributed by atoms with E-state index in [1.54, 1.807) is 0 Å². The molecule has 19 heavy (non-hydrogen) atoms. The molecule has 1 fully saturated rings. The molecule has 3 amide bonds. The number of ether oxygens (including phenoxy) is 1. The summed E-state index contributed by atoms with van der Waals surface area (Å²) < 4.78 is 19.1. The number of fused-ring (bicyclic) bond motifs is 2. The first-order valence-electron chi connectivity index (χ1n) is 6.15. The Morgan fingerprint density at radius 3 is 2.89 bits per heavy atom. The largest absolute Gasteiger partial charge is 0.490 e. The van der Waals surface area contributed by atoms with Gasteiger partial charge in [0.1, 0.15) is 17.7 Å². The summed E-state index contributed by atoms with van der Waals surface area (Å²) in [5.74, 6) is -0.478. The number of carbonyl (C=O) groups is 2. The molecule has 1 aromatic rings. The Bertz CT molecular complexity index is 575. The summed E-state index contributed by atoms with van der Waals surface area (Å²) in [5.41, 5.74) is -0.839. The standard InChI is InChI=1S/C13H13FN2O3/c1-2-8-6-13(11(17)15-12(18)16-13)9-5-7(14)3-4-10(9)19-8/h3-5,8H,2,6H2,1H3,(H2,15,16,17,18). The van der Waals surface area contributed by atoms with Crippen molar-refractivity contribution in [2.24, 2.45) is 0 Å². The van der Waals surface area contributed by atoms with Gasteiger partial charge in [0.15, 0.2) is 5.54 Å². The maximum atomic E-state index is 13.4. The molecular formula is C13H13FN2O3. The zero-order valence-corrected chi connectivity index (χ0v) is 10.3. The van der Waals surface area contributed by atoms with Crippen LogP contribution in [0.4, 0.5) is 9.18 Å². The van der Waals surface area contributed by atoms with Gasteiger partial charge in [0.05, 0.1) is 0 Å². The molecule has 0 saturated carbocycles. The highest BCUT2D eigenvalue weighted by atomic mass is 19.1. The highest BCUT2D eigenvalue weighted by Crippen LogP contribution is 2.42. The molecule has 0 aliphatic carbocycles. The number of urea groups is 1. The molecule has 100 valence electrons. The number of nitrogens with one attached hydrogen (secondary N) is 2. The predicted molar refractivity (Wildman–Crippen MR) is 64.1 cm³/mol. The molecule has 2 aliphatic heterocycles. The lowest BCUT2D eigenvalue weighted by atomic mass is 9.81. The van der Waals surface area contributed by atoms with Crippen LogP contribution in [-0.4, -0.2) is 18.0 Å². The summed E-state index contributed by atoms with van der Waals surface area (Å²) in [6.45, 7) is 1.93. The van der Waals surface area contributed by atoms with Crippen molar-refractivity contribution in [2.75, 3.05) is 0 Å². The molecular weight excluding hydrogens is 251 g/mol. The van der Waals surface area contributed by atoms with E-state index in [-0.39, 0.29) is 6.10 Å². The van der Waals surface area contributed by atoms with E-state index in [1.807, 2.05) is 6.92 Å². The van der Waals surface area contributed by atoms with E-state index in [1.165, 1.54) is 18.2 Å². The van der Waals surface area contributed by atoms with Crippen molar-refractivity contribution in [1.82, 2.24) is 10.6 Å². The van der Waals surface area contributed by atoms with E-state index in [9.17, 15) is 14.0 Å². The van der Waals surface area contributed by atoms with Crippen LogP contribution in [-0.2, 0) is 10.3 Å². The summed E-state index contributed by atoms with van der Waals surface area (Å²) in [5, 5.41) is 4.84.